The molecule has 0 fully saturated rings. The molecule has 4 aromatic rings. The third-order valence-corrected chi connectivity index (χ3v) is 3.32. The number of halogens is 1. The number of hydrogen-bond donors (Lipinski definition) is 0. The number of aromatic nitrogens is 4. The Hall–Kier alpha value is -2.40. The normalized spacial score (nSPS) is 11.5. The summed E-state index contributed by atoms with van der Waals surface area (Å²) in [5.41, 5.74) is 2.61. The Bertz CT molecular complexity index is 941. The molecule has 0 N–H and O–H groups in total. The quantitative estimate of drug-likeness (QED) is 0.537. The van der Waals surface area contributed by atoms with Crippen molar-refractivity contribution in [1.82, 2.24) is 19.8 Å². The zero-order valence-corrected chi connectivity index (χ0v) is 11.3. The molecule has 6 heteroatoms. The SMILES string of the molecule is Cc1ccc2oc(-c3nnc4ccc(Cl)nn34)cc2c1. The van der Waals surface area contributed by atoms with Crippen molar-refractivity contribution < 1.29 is 4.42 Å². The van der Waals surface area contributed by atoms with Crippen LogP contribution in [0.25, 0.3) is 28.2 Å². The zero-order valence-electron chi connectivity index (χ0n) is 10.5. The van der Waals surface area contributed by atoms with Crippen LogP contribution in [0.4, 0.5) is 0 Å². The van der Waals surface area contributed by atoms with E-state index < -0.39 is 0 Å². The van der Waals surface area contributed by atoms with E-state index >= 15 is 0 Å². The molecule has 0 amide bonds. The minimum atomic E-state index is 0.380. The molecule has 1 aromatic carbocycles. The molecule has 0 spiro atoms. The predicted molar refractivity (Wildman–Crippen MR) is 75.7 cm³/mol. The van der Waals surface area contributed by atoms with Crippen LogP contribution in [0.3, 0.4) is 0 Å². The molecule has 20 heavy (non-hydrogen) atoms. The Labute approximate surface area is 118 Å². The van der Waals surface area contributed by atoms with Crippen molar-refractivity contribution in [3.63, 3.8) is 0 Å². The van der Waals surface area contributed by atoms with Gasteiger partial charge in [-0.3, -0.25) is 0 Å². The van der Waals surface area contributed by atoms with Gasteiger partial charge < -0.3 is 4.42 Å². The first-order valence-corrected chi connectivity index (χ1v) is 6.47. The molecule has 0 aliphatic heterocycles. The van der Waals surface area contributed by atoms with Crippen LogP contribution in [-0.4, -0.2) is 19.8 Å². The Morgan fingerprint density at radius 3 is 2.90 bits per heavy atom. The maximum atomic E-state index is 5.92. The molecule has 3 heterocycles. The fourth-order valence-electron chi connectivity index (χ4n) is 2.19. The summed E-state index contributed by atoms with van der Waals surface area (Å²) in [4.78, 5) is 0. The van der Waals surface area contributed by atoms with Crippen molar-refractivity contribution >= 4 is 28.2 Å². The zero-order chi connectivity index (χ0) is 13.7. The van der Waals surface area contributed by atoms with Gasteiger partial charge in [0, 0.05) is 5.39 Å². The van der Waals surface area contributed by atoms with Gasteiger partial charge in [-0.25, -0.2) is 0 Å². The number of nitrogens with zero attached hydrogens (tertiary/aromatic N) is 4. The lowest BCUT2D eigenvalue weighted by molar-refractivity contribution is 0.621. The van der Waals surface area contributed by atoms with Gasteiger partial charge >= 0.3 is 0 Å². The topological polar surface area (TPSA) is 56.2 Å². The van der Waals surface area contributed by atoms with E-state index in [1.807, 2.05) is 25.1 Å². The van der Waals surface area contributed by atoms with E-state index in [2.05, 4.69) is 21.4 Å². The molecular formula is C14H9ClN4O. The molecule has 98 valence electrons. The van der Waals surface area contributed by atoms with E-state index in [1.165, 1.54) is 5.56 Å². The smallest absolute Gasteiger partial charge is 0.220 e. The van der Waals surface area contributed by atoms with E-state index in [4.69, 9.17) is 16.0 Å². The second-order valence-electron chi connectivity index (χ2n) is 4.60. The summed E-state index contributed by atoms with van der Waals surface area (Å²) in [5, 5.41) is 13.8. The standard InChI is InChI=1S/C14H9ClN4O/c1-8-2-3-10-9(6-8)7-11(20-10)14-17-16-13-5-4-12(15)18-19(13)14/h2-7H,1H3. The van der Waals surface area contributed by atoms with Crippen molar-refractivity contribution in [1.29, 1.82) is 0 Å². The number of hydrogen-bond acceptors (Lipinski definition) is 4. The van der Waals surface area contributed by atoms with Crippen molar-refractivity contribution in [2.24, 2.45) is 0 Å². The summed E-state index contributed by atoms with van der Waals surface area (Å²) in [6.07, 6.45) is 0. The Morgan fingerprint density at radius 1 is 1.10 bits per heavy atom. The number of benzene rings is 1. The Kier molecular flexibility index (Phi) is 2.31. The molecule has 4 rings (SSSR count). The lowest BCUT2D eigenvalue weighted by Crippen LogP contribution is -1.93. The van der Waals surface area contributed by atoms with Crippen LogP contribution in [0.1, 0.15) is 5.56 Å². The van der Waals surface area contributed by atoms with Crippen LogP contribution in [0, 0.1) is 6.92 Å². The highest BCUT2D eigenvalue weighted by Crippen LogP contribution is 2.27. The van der Waals surface area contributed by atoms with E-state index in [1.54, 1.807) is 16.6 Å². The molecule has 0 aliphatic carbocycles. The first-order valence-electron chi connectivity index (χ1n) is 6.09. The van der Waals surface area contributed by atoms with Crippen LogP contribution in [0.15, 0.2) is 40.8 Å². The maximum absolute atomic E-state index is 5.92. The third kappa shape index (κ3) is 1.67. The van der Waals surface area contributed by atoms with Crippen molar-refractivity contribution in [2.75, 3.05) is 0 Å². The van der Waals surface area contributed by atoms with Crippen LogP contribution < -0.4 is 0 Å². The maximum Gasteiger partial charge on any atom is 0.220 e. The minimum Gasteiger partial charge on any atom is -0.453 e. The minimum absolute atomic E-state index is 0.380. The van der Waals surface area contributed by atoms with E-state index in [-0.39, 0.29) is 0 Å². The summed E-state index contributed by atoms with van der Waals surface area (Å²) in [7, 11) is 0. The van der Waals surface area contributed by atoms with Crippen LogP contribution >= 0.6 is 11.6 Å². The highest BCUT2D eigenvalue weighted by atomic mass is 35.5. The largest absolute Gasteiger partial charge is 0.453 e. The number of furan rings is 1. The fourth-order valence-corrected chi connectivity index (χ4v) is 2.33. The number of aryl methyl sites for hydroxylation is 1. The molecule has 0 aliphatic rings. The van der Waals surface area contributed by atoms with Crippen molar-refractivity contribution in [3.05, 3.63) is 47.1 Å². The summed E-state index contributed by atoms with van der Waals surface area (Å²) >= 11 is 5.92. The molecule has 0 atom stereocenters. The third-order valence-electron chi connectivity index (χ3n) is 3.12. The van der Waals surface area contributed by atoms with Gasteiger partial charge in [-0.15, -0.1) is 10.2 Å². The fraction of sp³-hybridized carbons (Fsp3) is 0.0714. The van der Waals surface area contributed by atoms with Gasteiger partial charge in [0.1, 0.15) is 10.7 Å². The lowest BCUT2D eigenvalue weighted by atomic mass is 10.2. The summed E-state index contributed by atoms with van der Waals surface area (Å²) < 4.78 is 7.39. The predicted octanol–water partition coefficient (Wildman–Crippen LogP) is 3.50. The van der Waals surface area contributed by atoms with E-state index in [9.17, 15) is 0 Å². The van der Waals surface area contributed by atoms with Gasteiger partial charge in [0.05, 0.1) is 0 Å². The monoisotopic (exact) mass is 284 g/mol. The molecule has 3 aromatic heterocycles. The lowest BCUT2D eigenvalue weighted by Gasteiger charge is -1.95. The second kappa shape index (κ2) is 4.05. The first-order chi connectivity index (χ1) is 9.70. The highest BCUT2D eigenvalue weighted by Gasteiger charge is 2.14. The molecule has 0 unspecified atom stereocenters. The number of rotatable bonds is 1. The molecule has 0 saturated carbocycles. The second-order valence-corrected chi connectivity index (χ2v) is 4.99. The van der Waals surface area contributed by atoms with Crippen molar-refractivity contribution in [3.8, 4) is 11.6 Å². The molecule has 0 saturated heterocycles. The van der Waals surface area contributed by atoms with Crippen LogP contribution in [0.2, 0.25) is 5.15 Å². The highest BCUT2D eigenvalue weighted by molar-refractivity contribution is 6.29. The van der Waals surface area contributed by atoms with Gasteiger partial charge in [0.15, 0.2) is 11.4 Å². The van der Waals surface area contributed by atoms with Crippen LogP contribution in [-0.2, 0) is 0 Å². The first kappa shape index (κ1) is 11.4. The van der Waals surface area contributed by atoms with Gasteiger partial charge in [-0.05, 0) is 37.3 Å². The van der Waals surface area contributed by atoms with Gasteiger partial charge in [0.25, 0.3) is 0 Å². The average Bonchev–Trinajstić information content (AvgIpc) is 3.00. The molecule has 0 bridgehead atoms. The number of fused-ring (bicyclic) bond motifs is 2. The molecule has 5 nitrogen and oxygen atoms in total. The van der Waals surface area contributed by atoms with Crippen LogP contribution in [0.5, 0.6) is 0 Å². The van der Waals surface area contributed by atoms with Gasteiger partial charge in [0.2, 0.25) is 5.82 Å². The summed E-state index contributed by atoms with van der Waals surface area (Å²) in [6, 6.07) is 11.4. The van der Waals surface area contributed by atoms with E-state index in [0.29, 0.717) is 22.4 Å². The molecular weight excluding hydrogens is 276 g/mol. The average molecular weight is 285 g/mol. The van der Waals surface area contributed by atoms with Gasteiger partial charge in [-0.1, -0.05) is 23.2 Å². The summed E-state index contributed by atoms with van der Waals surface area (Å²) in [5.74, 6) is 1.16. The Morgan fingerprint density at radius 2 is 2.00 bits per heavy atom. The molecule has 0 radical (unpaired) electrons. The van der Waals surface area contributed by atoms with E-state index in [0.717, 1.165) is 11.0 Å². The van der Waals surface area contributed by atoms with Crippen molar-refractivity contribution in [2.45, 2.75) is 6.92 Å². The Balaban J connectivity index is 1.98. The summed E-state index contributed by atoms with van der Waals surface area (Å²) in [6.45, 7) is 2.04. The van der Waals surface area contributed by atoms with Gasteiger partial charge in [-0.2, -0.15) is 9.61 Å².